The summed E-state index contributed by atoms with van der Waals surface area (Å²) in [5.74, 6) is 0. The molecule has 0 atom stereocenters. The van der Waals surface area contributed by atoms with E-state index in [4.69, 9.17) is 0 Å². The van der Waals surface area contributed by atoms with Gasteiger partial charge in [0.05, 0.1) is 16.7 Å². The SMILES string of the molecule is CC.CC.CC.CC.CC.CC.CC.CC.Cc1c(-c2cccc[n+]2C)c2cccc3ccc4cccc1c4c32.Cc1c(-c2cccc[n+]2C)cc2ccc3cccc4ccc1c2c34.Cc1cc2c3ccccc3c3ccccc3c2cc1-c1cccc[n+]1C.Cc1ccc2c3ccccc3c3ccccc3c2c1-c1cccc[n+]1C. The summed E-state index contributed by atoms with van der Waals surface area (Å²) in [6, 6.07) is 106. The molecule has 0 aliphatic heterocycles. The van der Waals surface area contributed by atoms with E-state index in [9.17, 15) is 0 Å². The minimum absolute atomic E-state index is 1.24. The Balaban J connectivity index is 0.000000167. The highest BCUT2D eigenvalue weighted by Gasteiger charge is 2.24. The number of rotatable bonds is 4. The number of aryl methyl sites for hydroxylation is 8. The molecule has 4 heteroatoms. The maximum atomic E-state index is 2.37. The molecule has 0 radical (unpaired) electrons. The molecule has 20 rings (SSSR count). The van der Waals surface area contributed by atoms with Crippen LogP contribution in [-0.2, 0) is 28.2 Å². The second-order valence-electron chi connectivity index (χ2n) is 27.1. The smallest absolute Gasteiger partial charge is 0.201 e. The lowest BCUT2D eigenvalue weighted by atomic mass is 9.86. The molecule has 0 saturated heterocycles. The quantitative estimate of drug-likeness (QED) is 0.123. The Kier molecular flexibility index (Phi) is 31.5. The maximum absolute atomic E-state index is 2.37. The van der Waals surface area contributed by atoms with E-state index >= 15 is 0 Å². The van der Waals surface area contributed by atoms with Crippen LogP contribution in [0.15, 0.2) is 316 Å². The zero-order valence-corrected chi connectivity index (χ0v) is 73.8. The van der Waals surface area contributed by atoms with E-state index in [2.05, 4.69) is 390 Å². The number of nitrogens with zero attached hydrogens (tertiary/aromatic N) is 4. The summed E-state index contributed by atoms with van der Waals surface area (Å²) >= 11 is 0. The van der Waals surface area contributed by atoms with Crippen LogP contribution in [0.4, 0.5) is 0 Å². The van der Waals surface area contributed by atoms with Crippen LogP contribution in [0.5, 0.6) is 0 Å². The van der Waals surface area contributed by atoms with E-state index in [0.717, 1.165) is 0 Å². The van der Waals surface area contributed by atoms with Gasteiger partial charge in [-0.3, -0.25) is 0 Å². The van der Waals surface area contributed by atoms with Crippen molar-refractivity contribution < 1.29 is 18.3 Å². The highest BCUT2D eigenvalue weighted by molar-refractivity contribution is 6.30. The van der Waals surface area contributed by atoms with Gasteiger partial charge in [0.2, 0.25) is 22.8 Å². The van der Waals surface area contributed by atoms with Crippen molar-refractivity contribution in [3.05, 3.63) is 338 Å². The highest BCUT2D eigenvalue weighted by atomic mass is 14.9. The van der Waals surface area contributed by atoms with Gasteiger partial charge in [0.15, 0.2) is 24.8 Å². The number of aromatic nitrogens is 4. The number of pyridine rings is 4. The Morgan fingerprint density at radius 2 is 0.466 bits per heavy atom. The summed E-state index contributed by atoms with van der Waals surface area (Å²) in [5, 5.41) is 32.1. The monoisotopic (exact) mass is 1520 g/mol. The molecule has 0 N–H and O–H groups in total. The molecule has 116 heavy (non-hydrogen) atoms. The molecule has 4 heterocycles. The summed E-state index contributed by atoms with van der Waals surface area (Å²) in [6.07, 6.45) is 8.46. The zero-order chi connectivity index (χ0) is 83.9. The molecule has 16 aromatic carbocycles. The van der Waals surface area contributed by atoms with Crippen molar-refractivity contribution in [3.8, 4) is 45.0 Å². The Labute approximate surface area is 693 Å². The van der Waals surface area contributed by atoms with Crippen LogP contribution in [0.25, 0.3) is 174 Å². The minimum Gasteiger partial charge on any atom is -0.201 e. The fourth-order valence-electron chi connectivity index (χ4n) is 16.5. The lowest BCUT2D eigenvalue weighted by Crippen LogP contribution is -2.30. The fraction of sp³-hybridized carbons (Fsp3) is 0.214. The summed E-state index contributed by atoms with van der Waals surface area (Å²) in [4.78, 5) is 0. The molecule has 0 fully saturated rings. The van der Waals surface area contributed by atoms with Gasteiger partial charge in [0.25, 0.3) is 0 Å². The van der Waals surface area contributed by atoms with Gasteiger partial charge in [-0.2, -0.15) is 0 Å². The van der Waals surface area contributed by atoms with Gasteiger partial charge >= 0.3 is 0 Å². The Morgan fingerprint density at radius 1 is 0.172 bits per heavy atom. The van der Waals surface area contributed by atoms with Gasteiger partial charge in [0, 0.05) is 59.5 Å². The third kappa shape index (κ3) is 17.1. The topological polar surface area (TPSA) is 15.5 Å². The molecule has 0 saturated carbocycles. The second kappa shape index (κ2) is 41.7. The summed E-state index contributed by atoms with van der Waals surface area (Å²) < 4.78 is 8.81. The first-order chi connectivity index (χ1) is 57.0. The molecule has 4 aromatic heterocycles. The van der Waals surface area contributed by atoms with Crippen molar-refractivity contribution in [3.63, 3.8) is 0 Å². The van der Waals surface area contributed by atoms with Gasteiger partial charge in [-0.1, -0.05) is 311 Å². The van der Waals surface area contributed by atoms with Crippen LogP contribution >= 0.6 is 0 Å². The molecular formula is C112H124N4+4. The van der Waals surface area contributed by atoms with E-state index in [1.165, 1.54) is 197 Å². The van der Waals surface area contributed by atoms with Crippen molar-refractivity contribution in [1.29, 1.82) is 0 Å². The van der Waals surface area contributed by atoms with Crippen molar-refractivity contribution in [2.75, 3.05) is 0 Å². The van der Waals surface area contributed by atoms with Crippen LogP contribution in [-0.4, -0.2) is 0 Å². The van der Waals surface area contributed by atoms with Gasteiger partial charge in [-0.15, -0.1) is 0 Å². The first kappa shape index (κ1) is 87.7. The van der Waals surface area contributed by atoms with Gasteiger partial charge < -0.3 is 0 Å². The molecule has 20 aromatic rings. The first-order valence-electron chi connectivity index (χ1n) is 42.8. The van der Waals surface area contributed by atoms with Crippen molar-refractivity contribution in [2.45, 2.75) is 138 Å². The second-order valence-corrected chi connectivity index (χ2v) is 27.1. The largest absolute Gasteiger partial charge is 0.213 e. The molecule has 0 unspecified atom stereocenters. The third-order valence-electron chi connectivity index (χ3n) is 21.3. The van der Waals surface area contributed by atoms with Crippen LogP contribution < -0.4 is 18.3 Å². The molecule has 0 spiro atoms. The van der Waals surface area contributed by atoms with Crippen molar-refractivity contribution >= 4 is 129 Å². The zero-order valence-electron chi connectivity index (χ0n) is 73.8. The molecule has 0 aliphatic rings. The van der Waals surface area contributed by atoms with E-state index < -0.39 is 0 Å². The van der Waals surface area contributed by atoms with Crippen LogP contribution in [0.2, 0.25) is 0 Å². The Hall–Kier alpha value is -12.2. The Morgan fingerprint density at radius 3 is 0.914 bits per heavy atom. The molecule has 588 valence electrons. The number of fused-ring (bicyclic) bond motifs is 12. The van der Waals surface area contributed by atoms with Crippen molar-refractivity contribution in [2.24, 2.45) is 28.2 Å². The Bertz CT molecular complexity index is 6540. The van der Waals surface area contributed by atoms with Crippen LogP contribution in [0.3, 0.4) is 0 Å². The van der Waals surface area contributed by atoms with Gasteiger partial charge in [0.1, 0.15) is 28.2 Å². The van der Waals surface area contributed by atoms with Crippen LogP contribution in [0.1, 0.15) is 133 Å². The number of hydrogen-bond acceptors (Lipinski definition) is 0. The predicted molar refractivity (Wildman–Crippen MR) is 514 cm³/mol. The molecule has 0 bridgehead atoms. The first-order valence-corrected chi connectivity index (χ1v) is 42.8. The lowest BCUT2D eigenvalue weighted by Gasteiger charge is -2.16. The molecule has 0 aliphatic carbocycles. The molecular weight excluding hydrogens is 1400 g/mol. The highest BCUT2D eigenvalue weighted by Crippen LogP contribution is 2.45. The van der Waals surface area contributed by atoms with E-state index in [1.807, 2.05) is 111 Å². The van der Waals surface area contributed by atoms with Crippen molar-refractivity contribution in [1.82, 2.24) is 0 Å². The predicted octanol–water partition coefficient (Wildman–Crippen LogP) is 30.9. The minimum atomic E-state index is 1.24. The fourth-order valence-corrected chi connectivity index (χ4v) is 16.5. The number of benzene rings is 16. The van der Waals surface area contributed by atoms with Gasteiger partial charge in [-0.05, 0) is 216 Å². The normalized spacial score (nSPS) is 10.4. The third-order valence-corrected chi connectivity index (χ3v) is 21.3. The van der Waals surface area contributed by atoms with E-state index in [0.29, 0.717) is 0 Å². The average Bonchev–Trinajstić information content (AvgIpc) is 0.731. The molecule has 4 nitrogen and oxygen atoms in total. The summed E-state index contributed by atoms with van der Waals surface area (Å²) in [7, 11) is 8.46. The standard InChI is InChI=1S/2C25H20N.2C23H18N.8C2H6/c1-17-15-23-20-11-5-3-9-18(20)19-10-4-6-12-21(19)24(23)16-22(17)25-13-7-8-14-26(25)2;1-17-14-15-22-20-11-4-3-9-18(20)19-10-5-6-12-21(19)25(22)24(17)23-13-7-8-16-26(23)2;1-15-18-9-5-7-16-12-13-17-8-6-10-19(23(17)22(16)18)21(15)20-11-3-4-14-24(20)2;1-15-19-12-11-17-7-5-6-16-9-10-18(23(19)22(16)17)14-20(15)21-8-3-4-13-24(21)2;8*1-2/h2*3-16H,1-2H3;2*3-14H,1-2H3;8*1-2H3/q4*+1;;;;;;;;. The summed E-state index contributed by atoms with van der Waals surface area (Å²) in [6.45, 7) is 40.9. The maximum Gasteiger partial charge on any atom is 0.213 e. The lowest BCUT2D eigenvalue weighted by molar-refractivity contribution is -0.660. The van der Waals surface area contributed by atoms with E-state index in [1.54, 1.807) is 0 Å². The van der Waals surface area contributed by atoms with Crippen LogP contribution in [0, 0.1) is 27.7 Å². The molecule has 0 amide bonds. The van der Waals surface area contributed by atoms with Gasteiger partial charge in [-0.25, -0.2) is 18.3 Å². The number of hydrogen-bond donors (Lipinski definition) is 0. The van der Waals surface area contributed by atoms with E-state index in [-0.39, 0.29) is 0 Å². The summed E-state index contributed by atoms with van der Waals surface area (Å²) in [5.41, 5.74) is 15.6. The average molecular weight is 1530 g/mol.